The number of rotatable bonds is 6. The summed E-state index contributed by atoms with van der Waals surface area (Å²) in [5.41, 5.74) is 1.54. The van der Waals surface area contributed by atoms with Crippen molar-refractivity contribution in [2.75, 3.05) is 37.6 Å². The molecule has 2 saturated heterocycles. The fourth-order valence-corrected chi connectivity index (χ4v) is 5.79. The van der Waals surface area contributed by atoms with Crippen LogP contribution in [0.15, 0.2) is 36.8 Å². The van der Waals surface area contributed by atoms with Crippen LogP contribution in [0.4, 0.5) is 10.2 Å². The van der Waals surface area contributed by atoms with Gasteiger partial charge < -0.3 is 4.90 Å². The molecule has 10 heteroatoms. The van der Waals surface area contributed by atoms with Crippen LogP contribution >= 0.6 is 23.2 Å². The van der Waals surface area contributed by atoms with Gasteiger partial charge in [-0.15, -0.1) is 0 Å². The predicted octanol–water partition coefficient (Wildman–Crippen LogP) is 4.88. The summed E-state index contributed by atoms with van der Waals surface area (Å²) in [6.07, 6.45) is 6.53. The smallest absolute Gasteiger partial charge is 0.157 e. The van der Waals surface area contributed by atoms with Crippen molar-refractivity contribution in [3.63, 3.8) is 0 Å². The number of halogens is 3. The van der Waals surface area contributed by atoms with Gasteiger partial charge in [-0.2, -0.15) is 5.10 Å². The van der Waals surface area contributed by atoms with Crippen LogP contribution in [-0.4, -0.2) is 74.8 Å². The fraction of sp³-hybridized carbons (Fsp3) is 0.480. The van der Waals surface area contributed by atoms with E-state index in [1.165, 1.54) is 12.4 Å². The van der Waals surface area contributed by atoms with E-state index in [1.54, 1.807) is 18.3 Å². The molecule has 0 aliphatic carbocycles. The Kier molecular flexibility index (Phi) is 7.53. The van der Waals surface area contributed by atoms with Crippen LogP contribution in [-0.2, 0) is 6.54 Å². The van der Waals surface area contributed by atoms with Crippen molar-refractivity contribution in [2.45, 2.75) is 44.8 Å². The highest BCUT2D eigenvalue weighted by molar-refractivity contribution is 6.33. The van der Waals surface area contributed by atoms with Gasteiger partial charge in [-0.1, -0.05) is 36.2 Å². The van der Waals surface area contributed by atoms with Crippen molar-refractivity contribution in [3.8, 4) is 11.4 Å². The Morgan fingerprint density at radius 3 is 2.60 bits per heavy atom. The first-order valence-corrected chi connectivity index (χ1v) is 13.0. The summed E-state index contributed by atoms with van der Waals surface area (Å²) < 4.78 is 14.2. The first-order chi connectivity index (χ1) is 17.0. The molecule has 0 amide bonds. The lowest BCUT2D eigenvalue weighted by Crippen LogP contribution is -2.58. The second-order valence-corrected chi connectivity index (χ2v) is 10.2. The van der Waals surface area contributed by atoms with E-state index in [4.69, 9.17) is 23.2 Å². The third-order valence-electron chi connectivity index (χ3n) is 7.24. The number of anilines is 1. The standard InChI is InChI=1S/C25H30Cl2FN7/c1-2-20-15-34(25-22(27)11-18(13-29-25)24-30-16-31-32-24)9-10-35(20)21-5-7-33(8-6-21)14-17-3-4-19(26)12-23(17)28/h3-4,11-13,16,20-21H,2,5-10,14-15H2,1H3,(H,30,31,32). The summed E-state index contributed by atoms with van der Waals surface area (Å²) in [7, 11) is 0. The van der Waals surface area contributed by atoms with Gasteiger partial charge in [0.05, 0.1) is 5.02 Å². The van der Waals surface area contributed by atoms with E-state index >= 15 is 0 Å². The van der Waals surface area contributed by atoms with E-state index in [-0.39, 0.29) is 5.82 Å². The minimum absolute atomic E-state index is 0.220. The molecule has 2 fully saturated rings. The second-order valence-electron chi connectivity index (χ2n) is 9.35. The molecule has 7 nitrogen and oxygen atoms in total. The number of pyridine rings is 1. The number of nitrogens with one attached hydrogen (secondary N) is 1. The monoisotopic (exact) mass is 517 g/mol. The number of piperazine rings is 1. The van der Waals surface area contributed by atoms with E-state index in [1.807, 2.05) is 6.07 Å². The number of piperidine rings is 1. The van der Waals surface area contributed by atoms with Gasteiger partial charge in [0.1, 0.15) is 18.0 Å². The van der Waals surface area contributed by atoms with Gasteiger partial charge in [0.25, 0.3) is 0 Å². The van der Waals surface area contributed by atoms with Gasteiger partial charge in [-0.3, -0.25) is 14.9 Å². The maximum absolute atomic E-state index is 14.2. The van der Waals surface area contributed by atoms with E-state index < -0.39 is 0 Å². The third-order valence-corrected chi connectivity index (χ3v) is 7.76. The van der Waals surface area contributed by atoms with Crippen molar-refractivity contribution in [2.24, 2.45) is 0 Å². The fourth-order valence-electron chi connectivity index (χ4n) is 5.34. The number of benzene rings is 1. The highest BCUT2D eigenvalue weighted by Crippen LogP contribution is 2.31. The second kappa shape index (κ2) is 10.8. The number of hydrogen-bond acceptors (Lipinski definition) is 6. The summed E-state index contributed by atoms with van der Waals surface area (Å²) in [4.78, 5) is 16.2. The molecule has 5 rings (SSSR count). The van der Waals surface area contributed by atoms with E-state index in [0.717, 1.165) is 63.4 Å². The van der Waals surface area contributed by atoms with Crippen LogP contribution in [0.1, 0.15) is 31.7 Å². The van der Waals surface area contributed by atoms with Gasteiger partial charge in [0.15, 0.2) is 5.82 Å². The molecule has 1 atom stereocenters. The minimum Gasteiger partial charge on any atom is -0.353 e. The molecule has 35 heavy (non-hydrogen) atoms. The number of H-pyrrole nitrogens is 1. The molecule has 2 aromatic heterocycles. The number of nitrogens with zero attached hydrogens (tertiary/aromatic N) is 6. The van der Waals surface area contributed by atoms with Gasteiger partial charge in [-0.05, 0) is 50.6 Å². The quantitative estimate of drug-likeness (QED) is 0.502. The highest BCUT2D eigenvalue weighted by atomic mass is 35.5. The van der Waals surface area contributed by atoms with E-state index in [9.17, 15) is 4.39 Å². The predicted molar refractivity (Wildman–Crippen MR) is 137 cm³/mol. The van der Waals surface area contributed by atoms with Gasteiger partial charge in [0, 0.05) is 60.6 Å². The molecule has 2 aliphatic heterocycles. The van der Waals surface area contributed by atoms with Gasteiger partial charge in [-0.25, -0.2) is 14.4 Å². The Morgan fingerprint density at radius 1 is 1.09 bits per heavy atom. The maximum atomic E-state index is 14.2. The number of aromatic nitrogens is 4. The molecule has 1 aromatic carbocycles. The van der Waals surface area contributed by atoms with Crippen LogP contribution in [0, 0.1) is 5.82 Å². The lowest BCUT2D eigenvalue weighted by Gasteiger charge is -2.47. The summed E-state index contributed by atoms with van der Waals surface area (Å²) >= 11 is 12.5. The summed E-state index contributed by atoms with van der Waals surface area (Å²) in [5.74, 6) is 1.27. The average Bonchev–Trinajstić information content (AvgIpc) is 3.41. The Hall–Kier alpha value is -2.26. The zero-order valence-electron chi connectivity index (χ0n) is 19.8. The van der Waals surface area contributed by atoms with Crippen LogP contribution in [0.25, 0.3) is 11.4 Å². The first kappa shape index (κ1) is 24.4. The van der Waals surface area contributed by atoms with Crippen molar-refractivity contribution in [3.05, 3.63) is 58.2 Å². The Morgan fingerprint density at radius 2 is 1.91 bits per heavy atom. The summed E-state index contributed by atoms with van der Waals surface area (Å²) in [5, 5.41) is 7.82. The molecular formula is C25H30Cl2FN7. The summed E-state index contributed by atoms with van der Waals surface area (Å²) in [6, 6.07) is 7.86. The molecule has 1 unspecified atom stereocenters. The highest BCUT2D eigenvalue weighted by Gasteiger charge is 2.34. The molecule has 0 saturated carbocycles. The van der Waals surface area contributed by atoms with Crippen molar-refractivity contribution in [1.29, 1.82) is 0 Å². The molecule has 0 radical (unpaired) electrons. The SMILES string of the molecule is CCC1CN(c2ncc(-c3ncn[nH]3)cc2Cl)CCN1C1CCN(Cc2ccc(Cl)cc2F)CC1. The topological polar surface area (TPSA) is 64.2 Å². The lowest BCUT2D eigenvalue weighted by atomic mass is 9.97. The molecule has 0 spiro atoms. The Bertz CT molecular complexity index is 1130. The average molecular weight is 518 g/mol. The number of hydrogen-bond donors (Lipinski definition) is 1. The van der Waals surface area contributed by atoms with Gasteiger partial charge >= 0.3 is 0 Å². The zero-order chi connectivity index (χ0) is 24.4. The summed E-state index contributed by atoms with van der Waals surface area (Å²) in [6.45, 7) is 7.61. The molecule has 4 heterocycles. The number of aromatic amines is 1. The largest absolute Gasteiger partial charge is 0.353 e. The van der Waals surface area contributed by atoms with Crippen molar-refractivity contribution >= 4 is 29.0 Å². The maximum Gasteiger partial charge on any atom is 0.157 e. The van der Waals surface area contributed by atoms with Gasteiger partial charge in [0.2, 0.25) is 0 Å². The molecule has 1 N–H and O–H groups in total. The van der Waals surface area contributed by atoms with Crippen LogP contribution < -0.4 is 4.90 Å². The van der Waals surface area contributed by atoms with E-state index in [2.05, 4.69) is 41.8 Å². The van der Waals surface area contributed by atoms with Crippen LogP contribution in [0.2, 0.25) is 10.0 Å². The Balaban J connectivity index is 1.19. The molecule has 186 valence electrons. The third kappa shape index (κ3) is 5.45. The molecule has 0 bridgehead atoms. The molecular weight excluding hydrogens is 488 g/mol. The van der Waals surface area contributed by atoms with Crippen LogP contribution in [0.3, 0.4) is 0 Å². The van der Waals surface area contributed by atoms with Crippen molar-refractivity contribution < 1.29 is 4.39 Å². The minimum atomic E-state index is -0.220. The zero-order valence-corrected chi connectivity index (χ0v) is 21.3. The molecule has 2 aliphatic rings. The van der Waals surface area contributed by atoms with Crippen molar-refractivity contribution in [1.82, 2.24) is 30.0 Å². The molecule has 3 aromatic rings. The van der Waals surface area contributed by atoms with E-state index in [0.29, 0.717) is 40.1 Å². The normalized spacial score (nSPS) is 20.5. The van der Waals surface area contributed by atoms with Crippen LogP contribution in [0.5, 0.6) is 0 Å². The lowest BCUT2D eigenvalue weighted by molar-refractivity contribution is 0.0607. The number of likely N-dealkylation sites (tertiary alicyclic amines) is 1. The first-order valence-electron chi connectivity index (χ1n) is 12.2. The Labute approximate surface area is 215 Å².